The van der Waals surface area contributed by atoms with Crippen molar-refractivity contribution < 1.29 is 19.1 Å². The zero-order chi connectivity index (χ0) is 24.0. The topological polar surface area (TPSA) is 76.7 Å². The van der Waals surface area contributed by atoms with Gasteiger partial charge in [0.2, 0.25) is 0 Å². The first-order chi connectivity index (χ1) is 15.6. The van der Waals surface area contributed by atoms with Crippen LogP contribution >= 0.6 is 0 Å². The number of nitrogens with one attached hydrogen (secondary N) is 2. The highest BCUT2D eigenvalue weighted by molar-refractivity contribution is 5.96. The summed E-state index contributed by atoms with van der Waals surface area (Å²) < 4.78 is 10.9. The fourth-order valence-corrected chi connectivity index (χ4v) is 3.55. The molecule has 0 unspecified atom stereocenters. The van der Waals surface area contributed by atoms with Crippen LogP contribution in [0.15, 0.2) is 60.7 Å². The number of carbonyl (C=O) groups excluding carboxylic acids is 2. The first-order valence-corrected chi connectivity index (χ1v) is 11.1. The van der Waals surface area contributed by atoms with Crippen LogP contribution < -0.4 is 15.4 Å². The van der Waals surface area contributed by atoms with Crippen LogP contribution in [0, 0.1) is 6.92 Å². The van der Waals surface area contributed by atoms with Crippen LogP contribution in [0.5, 0.6) is 5.75 Å². The van der Waals surface area contributed by atoms with Gasteiger partial charge in [0.25, 0.3) is 5.91 Å². The Labute approximate surface area is 195 Å². The van der Waals surface area contributed by atoms with E-state index in [1.807, 2.05) is 71.0 Å². The number of benzene rings is 3. The summed E-state index contributed by atoms with van der Waals surface area (Å²) in [6, 6.07) is 19.5. The van der Waals surface area contributed by atoms with Gasteiger partial charge in [-0.3, -0.25) is 4.79 Å². The van der Waals surface area contributed by atoms with Crippen LogP contribution in [0.25, 0.3) is 10.8 Å². The lowest BCUT2D eigenvalue weighted by Crippen LogP contribution is -2.34. The Morgan fingerprint density at radius 3 is 2.48 bits per heavy atom. The van der Waals surface area contributed by atoms with Crippen LogP contribution in [0.2, 0.25) is 0 Å². The van der Waals surface area contributed by atoms with Gasteiger partial charge in [0, 0.05) is 5.56 Å². The molecular weight excluding hydrogens is 416 g/mol. The highest BCUT2D eigenvalue weighted by Gasteiger charge is 2.17. The Kier molecular flexibility index (Phi) is 7.59. The van der Waals surface area contributed by atoms with Crippen molar-refractivity contribution in [2.24, 2.45) is 0 Å². The average molecular weight is 449 g/mol. The molecule has 0 spiro atoms. The second kappa shape index (κ2) is 10.4. The Balaban J connectivity index is 1.61. The second-order valence-corrected chi connectivity index (χ2v) is 9.02. The number of amides is 2. The van der Waals surface area contributed by atoms with E-state index in [1.54, 1.807) is 6.07 Å². The molecule has 2 amide bonds. The molecule has 1 atom stereocenters. The fourth-order valence-electron chi connectivity index (χ4n) is 3.55. The average Bonchev–Trinajstić information content (AvgIpc) is 2.76. The summed E-state index contributed by atoms with van der Waals surface area (Å²) in [7, 11) is 0. The summed E-state index contributed by atoms with van der Waals surface area (Å²) in [5, 5.41) is 8.03. The highest BCUT2D eigenvalue weighted by atomic mass is 16.6. The van der Waals surface area contributed by atoms with Crippen molar-refractivity contribution in [2.45, 2.75) is 46.3 Å². The first kappa shape index (κ1) is 24.1. The van der Waals surface area contributed by atoms with Crippen molar-refractivity contribution in [3.63, 3.8) is 0 Å². The molecule has 0 aromatic heterocycles. The van der Waals surface area contributed by atoms with E-state index >= 15 is 0 Å². The van der Waals surface area contributed by atoms with E-state index in [4.69, 9.17) is 9.47 Å². The van der Waals surface area contributed by atoms with Gasteiger partial charge >= 0.3 is 6.09 Å². The molecule has 3 aromatic carbocycles. The normalized spacial score (nSPS) is 12.2. The van der Waals surface area contributed by atoms with Crippen molar-refractivity contribution >= 4 is 22.8 Å². The van der Waals surface area contributed by atoms with Gasteiger partial charge < -0.3 is 20.1 Å². The molecule has 6 heteroatoms. The summed E-state index contributed by atoms with van der Waals surface area (Å²) in [6.07, 6.45) is -0.488. The molecule has 0 aliphatic heterocycles. The molecule has 33 heavy (non-hydrogen) atoms. The summed E-state index contributed by atoms with van der Waals surface area (Å²) >= 11 is 0. The quantitative estimate of drug-likeness (QED) is 0.465. The standard InChI is InChI=1S/C27H32N2O4/c1-18-13-14-21(32-16-15-28-26(31)33-27(3,4)5)17-24(18)25(30)29-19(2)22-12-8-10-20-9-6-7-11-23(20)22/h6-14,17,19H,15-16H2,1-5H3,(H,28,31)(H,29,30)/t19-/m1/s1. The lowest BCUT2D eigenvalue weighted by Gasteiger charge is -2.19. The number of aryl methyl sites for hydroxylation is 1. The number of ether oxygens (including phenoxy) is 2. The number of alkyl carbamates (subject to hydrolysis) is 1. The molecule has 174 valence electrons. The number of carbonyl (C=O) groups is 2. The Morgan fingerprint density at radius 2 is 1.73 bits per heavy atom. The van der Waals surface area contributed by atoms with Crippen LogP contribution in [0.1, 0.15) is 55.2 Å². The van der Waals surface area contributed by atoms with Crippen LogP contribution in [-0.2, 0) is 4.74 Å². The Hall–Kier alpha value is -3.54. The van der Waals surface area contributed by atoms with Crippen molar-refractivity contribution in [1.29, 1.82) is 0 Å². The highest BCUT2D eigenvalue weighted by Crippen LogP contribution is 2.25. The largest absolute Gasteiger partial charge is 0.492 e. The van der Waals surface area contributed by atoms with Gasteiger partial charge in [-0.15, -0.1) is 0 Å². The monoisotopic (exact) mass is 448 g/mol. The molecule has 0 fully saturated rings. The molecule has 0 aliphatic carbocycles. The van der Waals surface area contributed by atoms with Gasteiger partial charge in [-0.1, -0.05) is 48.5 Å². The second-order valence-electron chi connectivity index (χ2n) is 9.02. The van der Waals surface area contributed by atoms with Gasteiger partial charge in [0.15, 0.2) is 0 Å². The minimum absolute atomic E-state index is 0.161. The Bertz CT molecular complexity index is 1130. The third-order valence-corrected chi connectivity index (χ3v) is 5.13. The number of hydrogen-bond acceptors (Lipinski definition) is 4. The summed E-state index contributed by atoms with van der Waals surface area (Å²) in [4.78, 5) is 24.8. The smallest absolute Gasteiger partial charge is 0.407 e. The fraction of sp³-hybridized carbons (Fsp3) is 0.333. The maximum Gasteiger partial charge on any atom is 0.407 e. The molecule has 0 aliphatic rings. The third-order valence-electron chi connectivity index (χ3n) is 5.13. The van der Waals surface area contributed by atoms with E-state index < -0.39 is 11.7 Å². The van der Waals surface area contributed by atoms with E-state index in [-0.39, 0.29) is 18.6 Å². The lowest BCUT2D eigenvalue weighted by molar-refractivity contribution is 0.0520. The lowest BCUT2D eigenvalue weighted by atomic mass is 9.99. The molecule has 0 bridgehead atoms. The third kappa shape index (κ3) is 6.72. The van der Waals surface area contributed by atoms with Crippen molar-refractivity contribution in [2.75, 3.05) is 13.2 Å². The summed E-state index contributed by atoms with van der Waals surface area (Å²) in [5.74, 6) is 0.403. The van der Waals surface area contributed by atoms with Crippen LogP contribution in [0.4, 0.5) is 4.79 Å². The molecule has 2 N–H and O–H groups in total. The first-order valence-electron chi connectivity index (χ1n) is 11.1. The van der Waals surface area contributed by atoms with Crippen LogP contribution in [0.3, 0.4) is 0 Å². The predicted octanol–water partition coefficient (Wildman–Crippen LogP) is 5.54. The number of hydrogen-bond donors (Lipinski definition) is 2. The molecule has 3 rings (SSSR count). The van der Waals surface area contributed by atoms with Gasteiger partial charge in [0.05, 0.1) is 12.6 Å². The van der Waals surface area contributed by atoms with Gasteiger partial charge in [-0.2, -0.15) is 0 Å². The molecule has 0 radical (unpaired) electrons. The van der Waals surface area contributed by atoms with Crippen molar-refractivity contribution in [3.05, 3.63) is 77.4 Å². The van der Waals surface area contributed by atoms with Gasteiger partial charge in [0.1, 0.15) is 18.0 Å². The zero-order valence-corrected chi connectivity index (χ0v) is 19.9. The van der Waals surface area contributed by atoms with Gasteiger partial charge in [-0.25, -0.2) is 4.79 Å². The van der Waals surface area contributed by atoms with E-state index in [2.05, 4.69) is 28.8 Å². The molecule has 0 saturated carbocycles. The number of rotatable bonds is 7. The predicted molar refractivity (Wildman–Crippen MR) is 131 cm³/mol. The van der Waals surface area contributed by atoms with Crippen molar-refractivity contribution in [1.82, 2.24) is 10.6 Å². The zero-order valence-electron chi connectivity index (χ0n) is 19.9. The van der Waals surface area contributed by atoms with E-state index in [0.29, 0.717) is 17.9 Å². The molecular formula is C27H32N2O4. The van der Waals surface area contributed by atoms with E-state index in [9.17, 15) is 9.59 Å². The van der Waals surface area contributed by atoms with E-state index in [1.165, 1.54) is 0 Å². The Morgan fingerprint density at radius 1 is 1.00 bits per heavy atom. The molecule has 3 aromatic rings. The van der Waals surface area contributed by atoms with Crippen molar-refractivity contribution in [3.8, 4) is 5.75 Å². The number of fused-ring (bicyclic) bond motifs is 1. The molecule has 6 nitrogen and oxygen atoms in total. The minimum Gasteiger partial charge on any atom is -0.492 e. The maximum absolute atomic E-state index is 13.0. The summed E-state index contributed by atoms with van der Waals surface area (Å²) in [5.41, 5.74) is 1.93. The maximum atomic E-state index is 13.0. The van der Waals surface area contributed by atoms with Crippen LogP contribution in [-0.4, -0.2) is 30.8 Å². The van der Waals surface area contributed by atoms with Gasteiger partial charge in [-0.05, 0) is 68.7 Å². The SMILES string of the molecule is Cc1ccc(OCCNC(=O)OC(C)(C)C)cc1C(=O)N[C@H](C)c1cccc2ccccc12. The van der Waals surface area contributed by atoms with E-state index in [0.717, 1.165) is 21.9 Å². The molecule has 0 saturated heterocycles. The summed E-state index contributed by atoms with van der Waals surface area (Å²) in [6.45, 7) is 9.86. The minimum atomic E-state index is -0.548. The molecule has 0 heterocycles.